The van der Waals surface area contributed by atoms with Crippen LogP contribution in [0.15, 0.2) is 102 Å². The highest BCUT2D eigenvalue weighted by Crippen LogP contribution is 2.64. The van der Waals surface area contributed by atoms with E-state index in [4.69, 9.17) is 42.6 Å². The normalized spacial score (nSPS) is 28.7. The fourth-order valence-corrected chi connectivity index (χ4v) is 14.3. The van der Waals surface area contributed by atoms with E-state index in [1.807, 2.05) is 0 Å². The van der Waals surface area contributed by atoms with Crippen LogP contribution in [-0.4, -0.2) is 164 Å². The second-order valence-electron chi connectivity index (χ2n) is 25.2. The van der Waals surface area contributed by atoms with Crippen LogP contribution in [0.3, 0.4) is 0 Å². The average Bonchev–Trinajstić information content (AvgIpc) is 0.816. The van der Waals surface area contributed by atoms with Crippen molar-refractivity contribution in [2.24, 2.45) is 34.5 Å². The van der Waals surface area contributed by atoms with Crippen molar-refractivity contribution < 1.29 is 96.0 Å². The van der Waals surface area contributed by atoms with Gasteiger partial charge in [0.25, 0.3) is 5.91 Å². The Morgan fingerprint density at radius 2 is 1.36 bits per heavy atom. The number of carbonyl (C=O) groups excluding carboxylic acids is 9. The number of Topliss-reactive ketones (excluding diaryl/α,β-unsaturated/α-hetero) is 1. The van der Waals surface area contributed by atoms with Crippen LogP contribution in [0.1, 0.15) is 132 Å². The van der Waals surface area contributed by atoms with Gasteiger partial charge in [-0.25, -0.2) is 14.4 Å². The second kappa shape index (κ2) is 29.7. The molecule has 4 fully saturated rings. The van der Waals surface area contributed by atoms with E-state index in [9.17, 15) is 43.8 Å². The molecule has 3 amide bonds. The number of benzene rings is 3. The lowest BCUT2D eigenvalue weighted by Crippen LogP contribution is -2.82. The Morgan fingerprint density at radius 1 is 0.750 bits per heavy atom. The van der Waals surface area contributed by atoms with Crippen molar-refractivity contribution in [3.8, 4) is 11.8 Å². The van der Waals surface area contributed by atoms with E-state index in [1.54, 1.807) is 66.7 Å². The van der Waals surface area contributed by atoms with Gasteiger partial charge in [-0.15, -0.1) is 11.8 Å². The van der Waals surface area contributed by atoms with Crippen LogP contribution in [0.4, 0.5) is 4.79 Å². The summed E-state index contributed by atoms with van der Waals surface area (Å²) < 4.78 is 53.7. The third-order valence-corrected chi connectivity index (χ3v) is 19.2. The number of esters is 5. The maximum Gasteiger partial charge on any atom is 0.407 e. The van der Waals surface area contributed by atoms with E-state index in [1.165, 1.54) is 52.0 Å². The molecule has 3 aromatic rings. The van der Waals surface area contributed by atoms with Crippen molar-refractivity contribution in [2.75, 3.05) is 52.7 Å². The molecule has 1 saturated heterocycles. The molecule has 6 aliphatic rings. The van der Waals surface area contributed by atoms with E-state index >= 15 is 9.59 Å². The number of fused-ring (bicyclic) bond motifs is 6. The van der Waals surface area contributed by atoms with Gasteiger partial charge in [-0.2, -0.15) is 0 Å². The number of aliphatic hydroxyl groups excluding tert-OH is 1. The molecule has 5 N–H and O–H groups in total. The summed E-state index contributed by atoms with van der Waals surface area (Å²) in [6.45, 7) is 9.42. The monoisotopic (exact) mass is 1270 g/mol. The summed E-state index contributed by atoms with van der Waals surface area (Å²) in [7, 11) is 0. The van der Waals surface area contributed by atoms with Gasteiger partial charge in [-0.05, 0) is 91.8 Å². The van der Waals surface area contributed by atoms with Gasteiger partial charge in [0, 0.05) is 76.4 Å². The van der Waals surface area contributed by atoms with Crippen LogP contribution in [0.2, 0.25) is 0 Å². The summed E-state index contributed by atoms with van der Waals surface area (Å²) in [5.41, 5.74) is -7.75. The third-order valence-electron chi connectivity index (χ3n) is 19.2. The summed E-state index contributed by atoms with van der Waals surface area (Å²) >= 11 is 0. The SMILES string of the molecule is CC(=O)O[C@H]1C(=O)[C@@]2(C)C([C@H](OC(=O)c3ccccc3)[C@]3(O)C[C@H](OC(=O)[C@H](OC(=O)CCCC(=O)NCCOCCOCCNC(=O)OC[C@@H]4[C@@H]5CCC#CCC[C@@H]54)[C@@H](NC(=O)c4ccccc4)c4ccccc4)C(C)=C1C3(C)C)[C@]1(OC(C)=O)CO[C@@H]1C[C@@H]2O. The first-order valence-electron chi connectivity index (χ1n) is 31.5. The number of rotatable bonds is 26. The summed E-state index contributed by atoms with van der Waals surface area (Å²) in [5.74, 6) is -0.705. The summed E-state index contributed by atoms with van der Waals surface area (Å²) in [5, 5.41) is 34.6. The fraction of sp³-hybridized carbons (Fsp3) is 0.551. The molecule has 0 aromatic heterocycles. The number of nitrogens with one attached hydrogen (secondary N) is 3. The lowest BCUT2D eigenvalue weighted by molar-refractivity contribution is -0.346. The zero-order valence-electron chi connectivity index (χ0n) is 52.8. The fourth-order valence-electron chi connectivity index (χ4n) is 14.3. The molecular formula is C69H83N3O20. The molecule has 3 aromatic carbocycles. The summed E-state index contributed by atoms with van der Waals surface area (Å²) in [6.07, 6.45) is -8.31. The first kappa shape index (κ1) is 68.4. The van der Waals surface area contributed by atoms with Gasteiger partial charge in [-0.3, -0.25) is 28.8 Å². The maximum atomic E-state index is 15.9. The summed E-state index contributed by atoms with van der Waals surface area (Å²) in [4.78, 5) is 126. The highest BCUT2D eigenvalue weighted by Gasteiger charge is 2.78. The summed E-state index contributed by atoms with van der Waals surface area (Å²) in [6, 6.07) is 22.5. The maximum absolute atomic E-state index is 15.9. The van der Waals surface area contributed by atoms with Crippen molar-refractivity contribution in [2.45, 2.75) is 153 Å². The van der Waals surface area contributed by atoms with Crippen molar-refractivity contribution >= 4 is 53.5 Å². The highest BCUT2D eigenvalue weighted by atomic mass is 16.6. The minimum absolute atomic E-state index is 0.0236. The van der Waals surface area contributed by atoms with Crippen molar-refractivity contribution in [3.05, 3.63) is 119 Å². The van der Waals surface area contributed by atoms with E-state index in [-0.39, 0.29) is 93.2 Å². The predicted octanol–water partition coefficient (Wildman–Crippen LogP) is 5.77. The minimum Gasteiger partial charge on any atom is -0.455 e. The molecule has 0 spiro atoms. The average molecular weight is 1270 g/mol. The zero-order chi connectivity index (χ0) is 66.0. The number of amides is 3. The molecule has 23 nitrogen and oxygen atoms in total. The molecule has 3 saturated carbocycles. The number of carbonyl (C=O) groups is 9. The number of hydrogen-bond acceptors (Lipinski definition) is 20. The standard InChI is InChI=1S/C69H83N3O20/c1-41-50(38-69(83)61(91-63(80)46-25-16-11-17-26-46)59-67(6,51(75)37-52-68(59,40-87-52)92-43(3)74)60(78)57(88-42(2)73)55(41)66(69,4)5)89-64(81)58(56(44-21-12-9-13-22-44)72-62(79)45-23-14-10-15-24-45)90-54(77)30-20-29-53(76)70-31-33-84-35-36-85-34-32-71-65(82)86-39-49-47-27-18-7-8-19-28-48(47)49/h9-17,21-26,47-52,56-59,61,75,83H,18-20,27-40H2,1-6H3,(H,70,76)(H,71,82)(H,72,79)/t47-,48+,49-,50-,51-,52+,56-,57+,58+,59?,61-,67+,68-,69+/m0/s1. The molecular weight excluding hydrogens is 1190 g/mol. The lowest BCUT2D eigenvalue weighted by atomic mass is 9.44. The minimum atomic E-state index is -2.51. The molecule has 5 aliphatic carbocycles. The topological polar surface area (TPSA) is 313 Å². The van der Waals surface area contributed by atoms with E-state index in [0.29, 0.717) is 24.4 Å². The molecule has 2 bridgehead atoms. The van der Waals surface area contributed by atoms with Gasteiger partial charge in [0.2, 0.25) is 12.0 Å². The van der Waals surface area contributed by atoms with Crippen LogP contribution in [-0.2, 0) is 71.4 Å². The van der Waals surface area contributed by atoms with Crippen molar-refractivity contribution in [3.63, 3.8) is 0 Å². The number of ketones is 1. The first-order chi connectivity index (χ1) is 44.0. The number of alkyl carbamates (subject to hydrolysis) is 1. The largest absolute Gasteiger partial charge is 0.455 e. The van der Waals surface area contributed by atoms with Crippen LogP contribution in [0.25, 0.3) is 0 Å². The Kier molecular flexibility index (Phi) is 22.1. The van der Waals surface area contributed by atoms with E-state index in [2.05, 4.69) is 27.8 Å². The number of ether oxygens (including phenoxy) is 9. The number of hydrogen-bond donors (Lipinski definition) is 5. The smallest absolute Gasteiger partial charge is 0.407 e. The predicted molar refractivity (Wildman–Crippen MR) is 326 cm³/mol. The quantitative estimate of drug-likeness (QED) is 0.0209. The Balaban J connectivity index is 0.909. The first-order valence-corrected chi connectivity index (χ1v) is 31.5. The molecule has 23 heteroatoms. The molecule has 494 valence electrons. The molecule has 92 heavy (non-hydrogen) atoms. The van der Waals surface area contributed by atoms with Crippen molar-refractivity contribution in [1.82, 2.24) is 16.0 Å². The number of aliphatic hydroxyl groups is 2. The Labute approximate surface area is 534 Å². The molecule has 9 rings (SSSR count). The van der Waals surface area contributed by atoms with Gasteiger partial charge in [0.05, 0.1) is 62.6 Å². The van der Waals surface area contributed by atoms with E-state index in [0.717, 1.165) is 39.5 Å². The Bertz CT molecular complexity index is 3280. The van der Waals surface area contributed by atoms with Crippen LogP contribution >= 0.6 is 0 Å². The Hall–Kier alpha value is -8.01. The van der Waals surface area contributed by atoms with Crippen molar-refractivity contribution in [1.29, 1.82) is 0 Å². The zero-order valence-corrected chi connectivity index (χ0v) is 52.8. The molecule has 1 aliphatic heterocycles. The third kappa shape index (κ3) is 14.9. The van der Waals surface area contributed by atoms with Crippen LogP contribution in [0.5, 0.6) is 0 Å². The van der Waals surface area contributed by atoms with Gasteiger partial charge >= 0.3 is 35.9 Å². The van der Waals surface area contributed by atoms with Gasteiger partial charge in [-0.1, -0.05) is 80.6 Å². The molecule has 1 heterocycles. The molecule has 14 atom stereocenters. The Morgan fingerprint density at radius 3 is 1.96 bits per heavy atom. The molecule has 0 radical (unpaired) electrons. The van der Waals surface area contributed by atoms with Gasteiger partial charge < -0.3 is 68.8 Å². The van der Waals surface area contributed by atoms with Gasteiger partial charge in [0.15, 0.2) is 17.5 Å². The van der Waals surface area contributed by atoms with Gasteiger partial charge in [0.1, 0.15) is 30.0 Å². The van der Waals surface area contributed by atoms with Crippen LogP contribution in [0, 0.1) is 46.3 Å². The lowest BCUT2D eigenvalue weighted by Gasteiger charge is -2.67. The molecule has 1 unspecified atom stereocenters. The highest BCUT2D eigenvalue weighted by molar-refractivity contribution is 5.96. The van der Waals surface area contributed by atoms with E-state index < -0.39 is 137 Å². The second-order valence-corrected chi connectivity index (χ2v) is 25.2. The van der Waals surface area contributed by atoms with Crippen LogP contribution < -0.4 is 16.0 Å².